The van der Waals surface area contributed by atoms with Crippen LogP contribution in [0.15, 0.2) is 12.3 Å². The Bertz CT molecular complexity index is 472. The molecular formula is C12H15IN2O3. The molecule has 1 aliphatic heterocycles. The fourth-order valence-corrected chi connectivity index (χ4v) is 2.87. The van der Waals surface area contributed by atoms with E-state index in [0.717, 1.165) is 9.99 Å². The number of carbonyl (C=O) groups is 2. The van der Waals surface area contributed by atoms with Crippen LogP contribution < -0.4 is 0 Å². The molecule has 5 nitrogen and oxygen atoms in total. The molecule has 1 aromatic rings. The predicted molar refractivity (Wildman–Crippen MR) is 74.4 cm³/mol. The number of aliphatic carboxylic acids is 1. The number of hydrogen-bond donors (Lipinski definition) is 2. The number of rotatable bonds is 2. The summed E-state index contributed by atoms with van der Waals surface area (Å²) >= 11 is 2.13. The number of nitrogens with zero attached hydrogens (tertiary/aromatic N) is 1. The van der Waals surface area contributed by atoms with Crippen LogP contribution in [0.3, 0.4) is 0 Å². The molecule has 1 fully saturated rings. The molecule has 1 aliphatic rings. The summed E-state index contributed by atoms with van der Waals surface area (Å²) in [4.78, 5) is 28.0. The SMILES string of the molecule is C[C@@H]1[C@H](C(=O)O)CCCN1C(=O)c1cc(I)c[nH]1. The van der Waals surface area contributed by atoms with Gasteiger partial charge in [0.05, 0.1) is 5.92 Å². The second-order valence-corrected chi connectivity index (χ2v) is 5.80. The number of nitrogens with one attached hydrogen (secondary N) is 1. The van der Waals surface area contributed by atoms with Crippen LogP contribution in [-0.2, 0) is 4.79 Å². The predicted octanol–water partition coefficient (Wildman–Crippen LogP) is 1.94. The minimum absolute atomic E-state index is 0.114. The van der Waals surface area contributed by atoms with Crippen molar-refractivity contribution in [2.45, 2.75) is 25.8 Å². The first-order valence-corrected chi connectivity index (χ1v) is 6.96. The molecule has 2 heterocycles. The molecule has 0 spiro atoms. The quantitative estimate of drug-likeness (QED) is 0.790. The minimum Gasteiger partial charge on any atom is -0.481 e. The number of H-pyrrole nitrogens is 1. The monoisotopic (exact) mass is 362 g/mol. The van der Waals surface area contributed by atoms with Gasteiger partial charge in [-0.05, 0) is 48.4 Å². The number of aromatic amines is 1. The van der Waals surface area contributed by atoms with Crippen molar-refractivity contribution in [3.05, 3.63) is 21.5 Å². The van der Waals surface area contributed by atoms with E-state index in [1.54, 1.807) is 17.2 Å². The van der Waals surface area contributed by atoms with Gasteiger partial charge in [-0.15, -0.1) is 0 Å². The molecule has 0 aliphatic carbocycles. The molecule has 6 heteroatoms. The van der Waals surface area contributed by atoms with E-state index in [2.05, 4.69) is 27.6 Å². The van der Waals surface area contributed by atoms with Gasteiger partial charge in [0.25, 0.3) is 5.91 Å². The van der Waals surface area contributed by atoms with E-state index < -0.39 is 11.9 Å². The summed E-state index contributed by atoms with van der Waals surface area (Å²) in [6.45, 7) is 2.43. The van der Waals surface area contributed by atoms with Gasteiger partial charge in [0.1, 0.15) is 5.69 Å². The Morgan fingerprint density at radius 1 is 1.56 bits per heavy atom. The smallest absolute Gasteiger partial charge is 0.308 e. The second-order valence-electron chi connectivity index (χ2n) is 4.56. The molecule has 0 aromatic carbocycles. The minimum atomic E-state index is -0.818. The number of carboxylic acid groups (broad SMARTS) is 1. The molecule has 2 rings (SSSR count). The first kappa shape index (κ1) is 13.4. The zero-order chi connectivity index (χ0) is 13.3. The van der Waals surface area contributed by atoms with Gasteiger partial charge in [0, 0.05) is 22.4 Å². The van der Waals surface area contributed by atoms with Crippen LogP contribution in [0, 0.1) is 9.49 Å². The van der Waals surface area contributed by atoms with Crippen LogP contribution in [0.1, 0.15) is 30.3 Å². The highest BCUT2D eigenvalue weighted by Crippen LogP contribution is 2.25. The lowest BCUT2D eigenvalue weighted by atomic mass is 9.90. The molecule has 1 aromatic heterocycles. The van der Waals surface area contributed by atoms with Gasteiger partial charge in [0.15, 0.2) is 0 Å². The lowest BCUT2D eigenvalue weighted by Crippen LogP contribution is -2.49. The average Bonchev–Trinajstić information content (AvgIpc) is 2.75. The van der Waals surface area contributed by atoms with E-state index in [1.165, 1.54) is 0 Å². The van der Waals surface area contributed by atoms with Crippen LogP contribution in [0.25, 0.3) is 0 Å². The van der Waals surface area contributed by atoms with Crippen molar-refractivity contribution in [2.24, 2.45) is 5.92 Å². The average molecular weight is 362 g/mol. The zero-order valence-electron chi connectivity index (χ0n) is 10.0. The Hall–Kier alpha value is -1.05. The summed E-state index contributed by atoms with van der Waals surface area (Å²) in [5.74, 6) is -1.39. The molecule has 18 heavy (non-hydrogen) atoms. The third-order valence-corrected chi connectivity index (χ3v) is 4.07. The van der Waals surface area contributed by atoms with Crippen LogP contribution in [0.5, 0.6) is 0 Å². The highest BCUT2D eigenvalue weighted by Gasteiger charge is 2.35. The van der Waals surface area contributed by atoms with Gasteiger partial charge >= 0.3 is 5.97 Å². The largest absolute Gasteiger partial charge is 0.481 e. The third-order valence-electron chi connectivity index (χ3n) is 3.44. The normalized spacial score (nSPS) is 24.0. The van der Waals surface area contributed by atoms with Gasteiger partial charge in [0.2, 0.25) is 0 Å². The van der Waals surface area contributed by atoms with Crippen LogP contribution in [-0.4, -0.2) is 39.5 Å². The maximum absolute atomic E-state index is 12.3. The maximum atomic E-state index is 12.3. The standard InChI is InChI=1S/C12H15IN2O3/c1-7-9(12(17)18)3-2-4-15(7)11(16)10-5-8(13)6-14-10/h5-7,9,14H,2-4H2,1H3,(H,17,18)/t7-,9-/m1/s1. The highest BCUT2D eigenvalue weighted by atomic mass is 127. The van der Waals surface area contributed by atoms with Crippen molar-refractivity contribution >= 4 is 34.5 Å². The first-order valence-electron chi connectivity index (χ1n) is 5.88. The van der Waals surface area contributed by atoms with Crippen molar-refractivity contribution in [1.82, 2.24) is 9.88 Å². The topological polar surface area (TPSA) is 73.4 Å². The Kier molecular flexibility index (Phi) is 3.94. The summed E-state index contributed by atoms with van der Waals surface area (Å²) in [7, 11) is 0. The van der Waals surface area contributed by atoms with E-state index in [1.807, 2.05) is 6.92 Å². The highest BCUT2D eigenvalue weighted by molar-refractivity contribution is 14.1. The summed E-state index contributed by atoms with van der Waals surface area (Å²) in [6.07, 6.45) is 3.14. The van der Waals surface area contributed by atoms with Gasteiger partial charge in [-0.25, -0.2) is 0 Å². The van der Waals surface area contributed by atoms with E-state index in [4.69, 9.17) is 5.11 Å². The number of carbonyl (C=O) groups excluding carboxylic acids is 1. The lowest BCUT2D eigenvalue weighted by Gasteiger charge is -2.37. The number of hydrogen-bond acceptors (Lipinski definition) is 2. The fraction of sp³-hybridized carbons (Fsp3) is 0.500. The second kappa shape index (κ2) is 5.29. The van der Waals surface area contributed by atoms with Crippen molar-refractivity contribution in [3.63, 3.8) is 0 Å². The number of aromatic nitrogens is 1. The Labute approximate surface area is 119 Å². The van der Waals surface area contributed by atoms with Crippen molar-refractivity contribution < 1.29 is 14.7 Å². The van der Waals surface area contributed by atoms with Crippen LogP contribution in [0.2, 0.25) is 0 Å². The van der Waals surface area contributed by atoms with Gasteiger partial charge < -0.3 is 15.0 Å². The van der Waals surface area contributed by atoms with Gasteiger partial charge in [-0.2, -0.15) is 0 Å². The molecule has 0 saturated carbocycles. The van der Waals surface area contributed by atoms with Crippen LogP contribution in [0.4, 0.5) is 0 Å². The molecule has 0 bridgehead atoms. The van der Waals surface area contributed by atoms with E-state index in [9.17, 15) is 9.59 Å². The Morgan fingerprint density at radius 3 is 2.83 bits per heavy atom. The van der Waals surface area contributed by atoms with Crippen molar-refractivity contribution in [1.29, 1.82) is 0 Å². The summed E-state index contributed by atoms with van der Waals surface area (Å²) in [6, 6.07) is 1.52. The molecule has 98 valence electrons. The lowest BCUT2D eigenvalue weighted by molar-refractivity contribution is -0.144. The van der Waals surface area contributed by atoms with E-state index in [0.29, 0.717) is 18.7 Å². The molecule has 0 radical (unpaired) electrons. The first-order chi connectivity index (χ1) is 8.50. The molecule has 1 saturated heterocycles. The Morgan fingerprint density at radius 2 is 2.28 bits per heavy atom. The van der Waals surface area contributed by atoms with Gasteiger partial charge in [-0.3, -0.25) is 9.59 Å². The molecule has 0 unspecified atom stereocenters. The summed E-state index contributed by atoms with van der Waals surface area (Å²) in [5, 5.41) is 9.14. The van der Waals surface area contributed by atoms with E-state index in [-0.39, 0.29) is 11.9 Å². The van der Waals surface area contributed by atoms with Crippen molar-refractivity contribution in [2.75, 3.05) is 6.54 Å². The number of likely N-dealkylation sites (tertiary alicyclic amines) is 1. The molecule has 1 amide bonds. The third kappa shape index (κ3) is 2.52. The van der Waals surface area contributed by atoms with Gasteiger partial charge in [-0.1, -0.05) is 0 Å². The number of halogens is 1. The number of amides is 1. The van der Waals surface area contributed by atoms with E-state index >= 15 is 0 Å². The summed E-state index contributed by atoms with van der Waals surface area (Å²) < 4.78 is 0.968. The number of piperidine rings is 1. The number of carboxylic acids is 1. The molecule has 2 N–H and O–H groups in total. The molecular weight excluding hydrogens is 347 g/mol. The summed E-state index contributed by atoms with van der Waals surface area (Å²) in [5.41, 5.74) is 0.525. The maximum Gasteiger partial charge on any atom is 0.308 e. The van der Waals surface area contributed by atoms with Crippen LogP contribution >= 0.6 is 22.6 Å². The Balaban J connectivity index is 2.17. The zero-order valence-corrected chi connectivity index (χ0v) is 12.2. The fourth-order valence-electron chi connectivity index (χ4n) is 2.41. The van der Waals surface area contributed by atoms with Crippen molar-refractivity contribution in [3.8, 4) is 0 Å². The molecule has 2 atom stereocenters.